The summed E-state index contributed by atoms with van der Waals surface area (Å²) >= 11 is 0. The molecule has 0 spiro atoms. The topological polar surface area (TPSA) is 51.2 Å². The molecule has 0 aromatic heterocycles. The Bertz CT molecular complexity index is 894. The average molecular weight is 439 g/mol. The van der Waals surface area contributed by atoms with Crippen molar-refractivity contribution in [2.75, 3.05) is 34.9 Å². The molecule has 0 saturated carbocycles. The minimum absolute atomic E-state index is 0.0223. The second kappa shape index (κ2) is 9.82. The first kappa shape index (κ1) is 22.5. The molecule has 3 atom stereocenters. The zero-order valence-electron chi connectivity index (χ0n) is 19.5. The Morgan fingerprint density at radius 3 is 2.09 bits per heavy atom. The minimum atomic E-state index is 0.0223. The second-order valence-corrected chi connectivity index (χ2v) is 8.82. The van der Waals surface area contributed by atoms with Crippen molar-refractivity contribution in [3.05, 3.63) is 53.6 Å². The van der Waals surface area contributed by atoms with Crippen LogP contribution in [-0.4, -0.2) is 68.8 Å². The second-order valence-electron chi connectivity index (χ2n) is 8.82. The van der Waals surface area contributed by atoms with Gasteiger partial charge in [-0.05, 0) is 56.8 Å². The van der Waals surface area contributed by atoms with E-state index in [1.165, 1.54) is 18.4 Å². The molecule has 1 amide bonds. The molecule has 2 fully saturated rings. The summed E-state index contributed by atoms with van der Waals surface area (Å²) in [7, 11) is 6.96. The number of rotatable bonds is 8. The van der Waals surface area contributed by atoms with Gasteiger partial charge < -0.3 is 24.0 Å². The molecule has 2 aliphatic rings. The van der Waals surface area contributed by atoms with Crippen LogP contribution in [0.3, 0.4) is 0 Å². The summed E-state index contributed by atoms with van der Waals surface area (Å²) in [5.74, 6) is 1.53. The van der Waals surface area contributed by atoms with Crippen molar-refractivity contribution in [1.29, 1.82) is 0 Å². The van der Waals surface area contributed by atoms with Crippen LogP contribution in [0.1, 0.15) is 41.6 Å². The number of carbonyl (C=O) groups excluding carboxylic acids is 1. The predicted octanol–water partition coefficient (Wildman–Crippen LogP) is 4.02. The van der Waals surface area contributed by atoms with Crippen LogP contribution in [-0.2, 0) is 6.42 Å². The molecule has 32 heavy (non-hydrogen) atoms. The molecule has 2 heterocycles. The van der Waals surface area contributed by atoms with Crippen molar-refractivity contribution < 1.29 is 19.0 Å². The van der Waals surface area contributed by atoms with E-state index in [0.717, 1.165) is 19.3 Å². The van der Waals surface area contributed by atoms with E-state index < -0.39 is 0 Å². The van der Waals surface area contributed by atoms with Crippen LogP contribution in [0.15, 0.2) is 42.5 Å². The molecule has 6 heteroatoms. The van der Waals surface area contributed by atoms with Crippen LogP contribution < -0.4 is 14.2 Å². The maximum Gasteiger partial charge on any atom is 0.254 e. The van der Waals surface area contributed by atoms with Crippen molar-refractivity contribution in [2.24, 2.45) is 0 Å². The lowest BCUT2D eigenvalue weighted by Crippen LogP contribution is -2.51. The molecule has 4 rings (SSSR count). The van der Waals surface area contributed by atoms with Crippen molar-refractivity contribution >= 4 is 5.91 Å². The fourth-order valence-electron chi connectivity index (χ4n) is 5.35. The van der Waals surface area contributed by atoms with E-state index in [2.05, 4.69) is 41.1 Å². The highest BCUT2D eigenvalue weighted by atomic mass is 16.5. The van der Waals surface area contributed by atoms with Crippen LogP contribution in [0.2, 0.25) is 0 Å². The summed E-state index contributed by atoms with van der Waals surface area (Å²) in [4.78, 5) is 18.5. The number of amides is 1. The zero-order valence-corrected chi connectivity index (χ0v) is 19.5. The number of ether oxygens (including phenoxy) is 3. The van der Waals surface area contributed by atoms with Crippen molar-refractivity contribution in [1.82, 2.24) is 9.80 Å². The van der Waals surface area contributed by atoms with Crippen LogP contribution in [0.4, 0.5) is 0 Å². The lowest BCUT2D eigenvalue weighted by atomic mass is 9.95. The van der Waals surface area contributed by atoms with E-state index in [-0.39, 0.29) is 11.9 Å². The Balaban J connectivity index is 1.64. The quantitative estimate of drug-likeness (QED) is 0.623. The van der Waals surface area contributed by atoms with E-state index in [0.29, 0.717) is 41.4 Å². The third kappa shape index (κ3) is 4.42. The minimum Gasteiger partial charge on any atom is -0.493 e. The first-order valence-corrected chi connectivity index (χ1v) is 11.4. The third-order valence-corrected chi connectivity index (χ3v) is 7.17. The number of carbonyl (C=O) groups is 1. The van der Waals surface area contributed by atoms with Gasteiger partial charge in [0.2, 0.25) is 5.75 Å². The smallest absolute Gasteiger partial charge is 0.254 e. The molecule has 2 saturated heterocycles. The Labute approximate surface area is 191 Å². The fraction of sp³-hybridized carbons (Fsp3) is 0.500. The van der Waals surface area contributed by atoms with Crippen molar-refractivity contribution in [3.8, 4) is 17.2 Å². The maximum absolute atomic E-state index is 13.9. The molecule has 0 radical (unpaired) electrons. The SMILES string of the molecule is COc1cc(C(=O)N(CCc2ccccc2)C2C[C@H]3CC[C@@H](C2)N3C)cc(OC)c1OC. The highest BCUT2D eigenvalue weighted by Gasteiger charge is 2.41. The molecular formula is C26H34N2O4. The summed E-state index contributed by atoms with van der Waals surface area (Å²) in [5, 5.41) is 0. The molecule has 1 unspecified atom stereocenters. The van der Waals surface area contributed by atoms with Gasteiger partial charge in [-0.15, -0.1) is 0 Å². The van der Waals surface area contributed by atoms with Gasteiger partial charge in [0.15, 0.2) is 11.5 Å². The van der Waals surface area contributed by atoms with Gasteiger partial charge in [0.1, 0.15) is 0 Å². The van der Waals surface area contributed by atoms with Gasteiger partial charge in [-0.25, -0.2) is 0 Å². The largest absolute Gasteiger partial charge is 0.493 e. The lowest BCUT2D eigenvalue weighted by molar-refractivity contribution is 0.0487. The highest BCUT2D eigenvalue weighted by molar-refractivity contribution is 5.96. The van der Waals surface area contributed by atoms with Crippen LogP contribution >= 0.6 is 0 Å². The molecule has 0 aliphatic carbocycles. The Hall–Kier alpha value is -2.73. The summed E-state index contributed by atoms with van der Waals surface area (Å²) in [6.07, 6.45) is 5.33. The Morgan fingerprint density at radius 1 is 0.969 bits per heavy atom. The third-order valence-electron chi connectivity index (χ3n) is 7.17. The first-order chi connectivity index (χ1) is 15.5. The zero-order chi connectivity index (χ0) is 22.7. The summed E-state index contributed by atoms with van der Waals surface area (Å²) in [6.45, 7) is 0.688. The Kier molecular flexibility index (Phi) is 6.89. The normalized spacial score (nSPS) is 22.4. The standard InChI is InChI=1S/C26H34N2O4/c1-27-20-10-11-21(27)17-22(16-20)28(13-12-18-8-6-5-7-9-18)26(29)19-14-23(30-2)25(32-4)24(15-19)31-3/h5-9,14-15,20-22H,10-13,16-17H2,1-4H3/t20-,21+,22?. The summed E-state index contributed by atoms with van der Waals surface area (Å²) in [5.41, 5.74) is 1.81. The van der Waals surface area contributed by atoms with E-state index in [4.69, 9.17) is 14.2 Å². The fourth-order valence-corrected chi connectivity index (χ4v) is 5.35. The number of nitrogens with zero attached hydrogens (tertiary/aromatic N) is 2. The number of hydrogen-bond donors (Lipinski definition) is 0. The van der Waals surface area contributed by atoms with E-state index in [9.17, 15) is 4.79 Å². The van der Waals surface area contributed by atoms with Crippen LogP contribution in [0.25, 0.3) is 0 Å². The van der Waals surface area contributed by atoms with Gasteiger partial charge in [-0.2, -0.15) is 0 Å². The molecule has 2 aromatic carbocycles. The predicted molar refractivity (Wildman–Crippen MR) is 125 cm³/mol. The van der Waals surface area contributed by atoms with Crippen molar-refractivity contribution in [3.63, 3.8) is 0 Å². The summed E-state index contributed by atoms with van der Waals surface area (Å²) in [6, 6.07) is 15.3. The van der Waals surface area contributed by atoms with Gasteiger partial charge in [-0.3, -0.25) is 4.79 Å². The van der Waals surface area contributed by atoms with Gasteiger partial charge in [0.25, 0.3) is 5.91 Å². The van der Waals surface area contributed by atoms with Gasteiger partial charge in [0.05, 0.1) is 21.3 Å². The molecule has 172 valence electrons. The number of hydrogen-bond acceptors (Lipinski definition) is 5. The van der Waals surface area contributed by atoms with E-state index in [1.54, 1.807) is 33.5 Å². The van der Waals surface area contributed by atoms with Crippen molar-refractivity contribution in [2.45, 2.75) is 50.2 Å². The first-order valence-electron chi connectivity index (χ1n) is 11.4. The molecular weight excluding hydrogens is 404 g/mol. The van der Waals surface area contributed by atoms with Crippen LogP contribution in [0.5, 0.6) is 17.2 Å². The summed E-state index contributed by atoms with van der Waals surface area (Å²) < 4.78 is 16.4. The Morgan fingerprint density at radius 2 is 1.56 bits per heavy atom. The lowest BCUT2D eigenvalue weighted by Gasteiger charge is -2.42. The maximum atomic E-state index is 13.9. The van der Waals surface area contributed by atoms with E-state index in [1.807, 2.05) is 6.07 Å². The van der Waals surface area contributed by atoms with Crippen LogP contribution in [0, 0.1) is 0 Å². The number of methoxy groups -OCH3 is 3. The monoisotopic (exact) mass is 438 g/mol. The van der Waals surface area contributed by atoms with E-state index >= 15 is 0 Å². The molecule has 2 aromatic rings. The number of benzene rings is 2. The molecule has 2 aliphatic heterocycles. The average Bonchev–Trinajstić information content (AvgIpc) is 3.03. The number of fused-ring (bicyclic) bond motifs is 2. The number of piperidine rings is 1. The van der Waals surface area contributed by atoms with Gasteiger partial charge in [0, 0.05) is 30.2 Å². The molecule has 6 nitrogen and oxygen atoms in total. The highest BCUT2D eigenvalue weighted by Crippen LogP contribution is 2.40. The molecule has 2 bridgehead atoms. The van der Waals surface area contributed by atoms with Gasteiger partial charge in [-0.1, -0.05) is 30.3 Å². The molecule has 0 N–H and O–H groups in total. The van der Waals surface area contributed by atoms with Gasteiger partial charge >= 0.3 is 0 Å².